The summed E-state index contributed by atoms with van der Waals surface area (Å²) in [5, 5.41) is 43.8. The standard InChI is InChI=1S/2C11H17N.2C11H20O.2C11H18O.C10H18O/c6*1-9(2)5-4-6-11(3)7-10(11)8-12;1-9(2)5-4-6-10(3)7-8-11/h2*5,10H,4,6-7H2,1-3H3;2*5,10,12H,4,6-8H2,1-3H3;2*5,8,10H,4,6-7H2,1-3H3;5,7,11H,4,6,8H2,1-3H3/b;;;;;;10-7-/t6*10-,11-;/m101010./s1. The normalized spacial score (nSPS) is 29.9. The largest absolute Gasteiger partial charge is 0.396 e. The van der Waals surface area contributed by atoms with E-state index in [1.807, 2.05) is 6.08 Å². The van der Waals surface area contributed by atoms with Crippen LogP contribution in [0.3, 0.4) is 0 Å². The number of nitriles is 2. The number of hydrogen-bond acceptors (Lipinski definition) is 7. The molecule has 0 unspecified atom stereocenters. The molecule has 0 aliphatic heterocycles. The van der Waals surface area contributed by atoms with Gasteiger partial charge < -0.3 is 24.9 Å². The number of carbonyl (C=O) groups excluding carboxylic acids is 2. The molecule has 7 nitrogen and oxygen atoms in total. The molecule has 472 valence electrons. The second-order valence-corrected chi connectivity index (χ2v) is 29.7. The lowest BCUT2D eigenvalue weighted by molar-refractivity contribution is -0.110. The third kappa shape index (κ3) is 35.4. The van der Waals surface area contributed by atoms with Crippen LogP contribution in [-0.2, 0) is 9.59 Å². The van der Waals surface area contributed by atoms with Crippen LogP contribution in [0, 0.1) is 90.7 Å². The number of allylic oxidation sites excluding steroid dienone is 15. The van der Waals surface area contributed by atoms with E-state index in [9.17, 15) is 9.59 Å². The Balaban J connectivity index is 0.000000945. The van der Waals surface area contributed by atoms with Crippen LogP contribution in [0.4, 0.5) is 0 Å². The third-order valence-electron chi connectivity index (χ3n) is 18.8. The van der Waals surface area contributed by atoms with Gasteiger partial charge in [0.1, 0.15) is 12.6 Å². The van der Waals surface area contributed by atoms with Gasteiger partial charge in [-0.2, -0.15) is 10.5 Å². The summed E-state index contributed by atoms with van der Waals surface area (Å²) in [5.41, 5.74) is 13.3. The van der Waals surface area contributed by atoms with Crippen molar-refractivity contribution in [2.75, 3.05) is 19.8 Å². The van der Waals surface area contributed by atoms with E-state index in [0.717, 1.165) is 76.8 Å². The molecule has 0 spiro atoms. The summed E-state index contributed by atoms with van der Waals surface area (Å²) < 4.78 is 0. The van der Waals surface area contributed by atoms with Gasteiger partial charge in [-0.25, -0.2) is 0 Å². The number of aliphatic hydroxyl groups is 3. The van der Waals surface area contributed by atoms with Gasteiger partial charge in [0.2, 0.25) is 0 Å². The Morgan fingerprint density at radius 2 is 0.627 bits per heavy atom. The first kappa shape index (κ1) is 79.1. The minimum Gasteiger partial charge on any atom is -0.396 e. The van der Waals surface area contributed by atoms with Crippen molar-refractivity contribution in [3.05, 3.63) is 93.2 Å². The van der Waals surface area contributed by atoms with Crippen molar-refractivity contribution < 1.29 is 24.9 Å². The maximum absolute atomic E-state index is 10.5. The van der Waals surface area contributed by atoms with Crippen LogP contribution in [0.15, 0.2) is 93.2 Å². The molecule has 0 aromatic carbocycles. The summed E-state index contributed by atoms with van der Waals surface area (Å²) >= 11 is 0. The molecule has 12 atom stereocenters. The van der Waals surface area contributed by atoms with Crippen molar-refractivity contribution in [3.8, 4) is 12.1 Å². The van der Waals surface area contributed by atoms with E-state index in [0.29, 0.717) is 81.2 Å². The molecule has 0 aromatic rings. The Kier molecular flexibility index (Phi) is 37.2. The molecule has 6 fully saturated rings. The minimum atomic E-state index is 0.167. The Bertz CT molecular complexity index is 2130. The molecule has 0 aromatic heterocycles. The molecule has 0 saturated heterocycles. The molecule has 6 aliphatic rings. The molecule has 6 aliphatic carbocycles. The van der Waals surface area contributed by atoms with Crippen molar-refractivity contribution in [1.82, 2.24) is 0 Å². The van der Waals surface area contributed by atoms with Gasteiger partial charge in [-0.3, -0.25) is 0 Å². The summed E-state index contributed by atoms with van der Waals surface area (Å²) in [6, 6.07) is 4.69. The first-order valence-electron chi connectivity index (χ1n) is 32.3. The molecule has 83 heavy (non-hydrogen) atoms. The minimum absolute atomic E-state index is 0.167. The monoisotopic (exact) mass is 1150 g/mol. The molecular weight excluding hydrogens is 1020 g/mol. The fourth-order valence-corrected chi connectivity index (χ4v) is 10.8. The zero-order valence-electron chi connectivity index (χ0n) is 57.6. The van der Waals surface area contributed by atoms with Crippen LogP contribution in [0.25, 0.3) is 0 Å². The number of rotatable bonds is 26. The van der Waals surface area contributed by atoms with Gasteiger partial charge in [0.15, 0.2) is 0 Å². The predicted molar refractivity (Wildman–Crippen MR) is 356 cm³/mol. The molecule has 0 bridgehead atoms. The lowest BCUT2D eigenvalue weighted by Crippen LogP contribution is -2.00. The van der Waals surface area contributed by atoms with Crippen LogP contribution in [-0.4, -0.2) is 47.7 Å². The van der Waals surface area contributed by atoms with Gasteiger partial charge in [-0.15, -0.1) is 0 Å². The van der Waals surface area contributed by atoms with Crippen LogP contribution in [0.5, 0.6) is 0 Å². The highest BCUT2D eigenvalue weighted by atomic mass is 16.3. The van der Waals surface area contributed by atoms with Crippen LogP contribution >= 0.6 is 0 Å². The van der Waals surface area contributed by atoms with Crippen LogP contribution in [0.1, 0.15) is 274 Å². The van der Waals surface area contributed by atoms with Gasteiger partial charge in [0, 0.05) is 25.0 Å². The highest BCUT2D eigenvalue weighted by Gasteiger charge is 2.52. The van der Waals surface area contributed by atoms with E-state index in [-0.39, 0.29) is 6.61 Å². The summed E-state index contributed by atoms with van der Waals surface area (Å²) in [6.45, 7) is 46.1. The van der Waals surface area contributed by atoms with E-state index in [4.69, 9.17) is 25.8 Å². The Labute approximate surface area is 512 Å². The Morgan fingerprint density at radius 1 is 0.373 bits per heavy atom. The fourth-order valence-electron chi connectivity index (χ4n) is 10.8. The molecule has 6 rings (SSSR count). The van der Waals surface area contributed by atoms with E-state index < -0.39 is 0 Å². The maximum Gasteiger partial charge on any atom is 0.123 e. The second-order valence-electron chi connectivity index (χ2n) is 29.7. The lowest BCUT2D eigenvalue weighted by Gasteiger charge is -2.07. The second kappa shape index (κ2) is 39.0. The molecule has 7 heteroatoms. The molecule has 0 heterocycles. The Hall–Kier alpha value is -3.88. The van der Waals surface area contributed by atoms with Crippen molar-refractivity contribution >= 4 is 12.6 Å². The third-order valence-corrected chi connectivity index (χ3v) is 18.8. The quantitative estimate of drug-likeness (QED) is 0.0578. The van der Waals surface area contributed by atoms with Gasteiger partial charge >= 0.3 is 0 Å². The first-order chi connectivity index (χ1) is 38.7. The number of aliphatic hydroxyl groups excluding tert-OH is 3. The molecule has 0 radical (unpaired) electrons. The van der Waals surface area contributed by atoms with E-state index in [1.165, 1.54) is 109 Å². The average Bonchev–Trinajstić information content (AvgIpc) is 4.32. The van der Waals surface area contributed by atoms with E-state index in [2.05, 4.69) is 200 Å². The van der Waals surface area contributed by atoms with Gasteiger partial charge in [0.25, 0.3) is 0 Å². The maximum atomic E-state index is 10.5. The molecule has 6 saturated carbocycles. The van der Waals surface area contributed by atoms with Gasteiger partial charge in [-0.05, 0) is 277 Å². The van der Waals surface area contributed by atoms with Crippen molar-refractivity contribution in [2.24, 2.45) is 68.0 Å². The molecule has 0 amide bonds. The van der Waals surface area contributed by atoms with Gasteiger partial charge in [0.05, 0.1) is 30.6 Å². The van der Waals surface area contributed by atoms with Crippen molar-refractivity contribution in [2.45, 2.75) is 274 Å². The van der Waals surface area contributed by atoms with Crippen LogP contribution < -0.4 is 0 Å². The summed E-state index contributed by atoms with van der Waals surface area (Å²) in [5.74, 6) is 2.54. The average molecular weight is 1150 g/mol. The Morgan fingerprint density at radius 3 is 0.819 bits per heavy atom. The lowest BCUT2D eigenvalue weighted by atomic mass is 9.99. The number of nitrogens with zero attached hydrogens (tertiary/aromatic N) is 2. The highest BCUT2D eigenvalue weighted by molar-refractivity contribution is 5.60. The van der Waals surface area contributed by atoms with Crippen molar-refractivity contribution in [1.29, 1.82) is 10.5 Å². The van der Waals surface area contributed by atoms with Crippen LogP contribution in [0.2, 0.25) is 0 Å². The predicted octanol–water partition coefficient (Wildman–Crippen LogP) is 20.7. The smallest absolute Gasteiger partial charge is 0.123 e. The van der Waals surface area contributed by atoms with Gasteiger partial charge in [-0.1, -0.05) is 135 Å². The van der Waals surface area contributed by atoms with E-state index >= 15 is 0 Å². The van der Waals surface area contributed by atoms with E-state index in [1.54, 1.807) is 0 Å². The zero-order chi connectivity index (χ0) is 63.8. The molecular formula is C76H128N2O5. The van der Waals surface area contributed by atoms with Crippen molar-refractivity contribution in [3.63, 3.8) is 0 Å². The zero-order valence-corrected chi connectivity index (χ0v) is 57.6. The summed E-state index contributed by atoms with van der Waals surface area (Å²) in [7, 11) is 0. The first-order valence-corrected chi connectivity index (χ1v) is 32.3. The number of aldehydes is 2. The topological polar surface area (TPSA) is 142 Å². The summed E-state index contributed by atoms with van der Waals surface area (Å²) in [4.78, 5) is 20.9. The fraction of sp³-hybridized carbons (Fsp3) is 0.737. The number of carbonyl (C=O) groups is 2. The highest BCUT2D eigenvalue weighted by Crippen LogP contribution is 2.58. The number of hydrogen-bond donors (Lipinski definition) is 3. The SMILES string of the molecule is CC(C)=CCC/C(C)=C\CO.CC(C)=CCC[C@@]1(C)C[C@H]1C#N.CC(C)=CCC[C@@]1(C)C[C@H]1C=O.CC(C)=CCC[C@@]1(C)C[C@H]1CO.CC(C)=CCC[C@]1(C)C[C@@H]1C#N.CC(C)=CCC[C@]1(C)C[C@@H]1C=O.CC(C)=CCC[C@]1(C)C[C@@H]1CO. The molecule has 3 N–H and O–H groups in total. The summed E-state index contributed by atoms with van der Waals surface area (Å²) in [6.07, 6.45) is 43.0.